The molecule has 0 bridgehead atoms. The highest BCUT2D eigenvalue weighted by Gasteiger charge is 2.54. The molecule has 1 heterocycles. The van der Waals surface area contributed by atoms with E-state index < -0.39 is 0 Å². The van der Waals surface area contributed by atoms with E-state index in [1.165, 1.54) is 12.8 Å². The van der Waals surface area contributed by atoms with Gasteiger partial charge in [0.25, 0.3) is 0 Å². The van der Waals surface area contributed by atoms with Crippen LogP contribution in [0.4, 0.5) is 0 Å². The molecular weight excluding hydrogens is 264 g/mol. The maximum absolute atomic E-state index is 6.40. The summed E-state index contributed by atoms with van der Waals surface area (Å²) in [6.45, 7) is 15.1. The summed E-state index contributed by atoms with van der Waals surface area (Å²) in [4.78, 5) is 2.62. The summed E-state index contributed by atoms with van der Waals surface area (Å²) < 4.78 is 11.7. The third kappa shape index (κ3) is 3.98. The molecule has 1 aliphatic carbocycles. The van der Waals surface area contributed by atoms with E-state index >= 15 is 0 Å². The molecule has 2 unspecified atom stereocenters. The molecule has 21 heavy (non-hydrogen) atoms. The molecule has 0 radical (unpaired) electrons. The van der Waals surface area contributed by atoms with Gasteiger partial charge in [0.2, 0.25) is 0 Å². The maximum Gasteiger partial charge on any atom is 0.0790 e. The van der Waals surface area contributed by atoms with Crippen molar-refractivity contribution in [3.63, 3.8) is 0 Å². The molecule has 0 aromatic heterocycles. The molecule has 0 amide bonds. The Morgan fingerprint density at radius 1 is 1.19 bits per heavy atom. The van der Waals surface area contributed by atoms with Crippen molar-refractivity contribution in [1.29, 1.82) is 0 Å². The molecule has 1 saturated carbocycles. The molecule has 4 heteroatoms. The Balaban J connectivity index is 2.09. The van der Waals surface area contributed by atoms with Gasteiger partial charge in [0.1, 0.15) is 0 Å². The number of nitrogens with one attached hydrogen (secondary N) is 1. The average molecular weight is 298 g/mol. The van der Waals surface area contributed by atoms with Crippen LogP contribution in [0.1, 0.15) is 47.5 Å². The summed E-state index contributed by atoms with van der Waals surface area (Å²) in [5.41, 5.74) is -0.197. The van der Waals surface area contributed by atoms with Gasteiger partial charge in [-0.05, 0) is 47.1 Å². The van der Waals surface area contributed by atoms with Crippen LogP contribution in [0, 0.1) is 5.92 Å². The summed E-state index contributed by atoms with van der Waals surface area (Å²) in [6, 6.07) is 1.17. The van der Waals surface area contributed by atoms with Crippen molar-refractivity contribution in [2.45, 2.75) is 70.7 Å². The fourth-order valence-corrected chi connectivity index (χ4v) is 3.96. The summed E-state index contributed by atoms with van der Waals surface area (Å²) in [6.07, 6.45) is 2.68. The van der Waals surface area contributed by atoms with E-state index in [0.29, 0.717) is 12.0 Å². The maximum atomic E-state index is 6.40. The monoisotopic (exact) mass is 298 g/mol. The van der Waals surface area contributed by atoms with Gasteiger partial charge in [-0.1, -0.05) is 6.92 Å². The van der Waals surface area contributed by atoms with Crippen molar-refractivity contribution in [2.75, 3.05) is 33.4 Å². The number of nitrogens with zero attached hydrogens (tertiary/aromatic N) is 1. The van der Waals surface area contributed by atoms with Crippen LogP contribution >= 0.6 is 0 Å². The lowest BCUT2D eigenvalue weighted by Crippen LogP contribution is -2.51. The first-order valence-electron chi connectivity index (χ1n) is 8.48. The fraction of sp³-hybridized carbons (Fsp3) is 1.00. The molecule has 2 fully saturated rings. The Morgan fingerprint density at radius 2 is 1.86 bits per heavy atom. The van der Waals surface area contributed by atoms with Gasteiger partial charge in [-0.2, -0.15) is 0 Å². The number of hydrogen-bond donors (Lipinski definition) is 1. The van der Waals surface area contributed by atoms with Crippen molar-refractivity contribution in [3.05, 3.63) is 0 Å². The molecule has 124 valence electrons. The van der Waals surface area contributed by atoms with Crippen LogP contribution in [0.3, 0.4) is 0 Å². The molecule has 0 aromatic carbocycles. The van der Waals surface area contributed by atoms with Gasteiger partial charge < -0.3 is 14.8 Å². The van der Waals surface area contributed by atoms with Crippen LogP contribution in [0.25, 0.3) is 0 Å². The summed E-state index contributed by atoms with van der Waals surface area (Å²) in [5.74, 6) is 0.505. The van der Waals surface area contributed by atoms with Gasteiger partial charge in [0, 0.05) is 38.2 Å². The Hall–Kier alpha value is -0.160. The van der Waals surface area contributed by atoms with E-state index in [1.807, 2.05) is 0 Å². The highest BCUT2D eigenvalue weighted by Crippen LogP contribution is 2.43. The zero-order chi connectivity index (χ0) is 15.7. The standard InChI is InChI=1S/C17H34N2O2/c1-7-18-15-14(16(2,3)21-17(15,4)5)12-19(10-11-20-6)13-8-9-13/h13-15,18H,7-12H2,1-6H3. The van der Waals surface area contributed by atoms with Crippen molar-refractivity contribution in [3.8, 4) is 0 Å². The minimum atomic E-state index is -0.110. The quantitative estimate of drug-likeness (QED) is 0.745. The van der Waals surface area contributed by atoms with Crippen LogP contribution < -0.4 is 5.32 Å². The first kappa shape index (κ1) is 17.2. The Bertz CT molecular complexity index is 340. The number of rotatable bonds is 8. The zero-order valence-corrected chi connectivity index (χ0v) is 14.7. The minimum absolute atomic E-state index is 0.0868. The lowest BCUT2D eigenvalue weighted by atomic mass is 9.82. The molecule has 2 atom stereocenters. The average Bonchev–Trinajstić information content (AvgIpc) is 3.17. The summed E-state index contributed by atoms with van der Waals surface area (Å²) >= 11 is 0. The molecule has 1 N–H and O–H groups in total. The van der Waals surface area contributed by atoms with E-state index in [9.17, 15) is 0 Å². The van der Waals surface area contributed by atoms with E-state index in [1.54, 1.807) is 7.11 Å². The minimum Gasteiger partial charge on any atom is -0.383 e. The Labute approximate surface area is 130 Å². The first-order valence-corrected chi connectivity index (χ1v) is 8.48. The van der Waals surface area contributed by atoms with Crippen molar-refractivity contribution in [1.82, 2.24) is 10.2 Å². The Morgan fingerprint density at radius 3 is 2.38 bits per heavy atom. The lowest BCUT2D eigenvalue weighted by molar-refractivity contribution is -0.0799. The van der Waals surface area contributed by atoms with Crippen LogP contribution in [0.15, 0.2) is 0 Å². The molecule has 0 spiro atoms. The number of likely N-dealkylation sites (N-methyl/N-ethyl adjacent to an activating group) is 1. The topological polar surface area (TPSA) is 33.7 Å². The second kappa shape index (κ2) is 6.53. The predicted molar refractivity (Wildman–Crippen MR) is 86.7 cm³/mol. The molecule has 1 aliphatic heterocycles. The third-order valence-corrected chi connectivity index (χ3v) is 5.07. The van der Waals surface area contributed by atoms with Crippen LogP contribution in [0.2, 0.25) is 0 Å². The molecule has 0 aromatic rings. The molecule has 1 saturated heterocycles. The predicted octanol–water partition coefficient (Wildman–Crippen LogP) is 2.28. The van der Waals surface area contributed by atoms with Gasteiger partial charge in [-0.15, -0.1) is 0 Å². The van der Waals surface area contributed by atoms with E-state index in [-0.39, 0.29) is 11.2 Å². The van der Waals surface area contributed by atoms with Crippen LogP contribution in [0.5, 0.6) is 0 Å². The molecule has 2 rings (SSSR count). The fourth-order valence-electron chi connectivity index (χ4n) is 3.96. The van der Waals surface area contributed by atoms with Crippen molar-refractivity contribution < 1.29 is 9.47 Å². The second-order valence-corrected chi connectivity index (χ2v) is 7.67. The SMILES string of the molecule is CCNC1C(CN(CCOC)C2CC2)C(C)(C)OC1(C)C. The van der Waals surface area contributed by atoms with Gasteiger partial charge in [0.15, 0.2) is 0 Å². The third-order valence-electron chi connectivity index (χ3n) is 5.07. The van der Waals surface area contributed by atoms with Crippen LogP contribution in [-0.4, -0.2) is 61.5 Å². The zero-order valence-electron chi connectivity index (χ0n) is 14.7. The highest BCUT2D eigenvalue weighted by atomic mass is 16.5. The largest absolute Gasteiger partial charge is 0.383 e. The molecule has 4 nitrogen and oxygen atoms in total. The lowest BCUT2D eigenvalue weighted by Gasteiger charge is -2.35. The second-order valence-electron chi connectivity index (χ2n) is 7.67. The van der Waals surface area contributed by atoms with E-state index in [2.05, 4.69) is 44.8 Å². The van der Waals surface area contributed by atoms with Crippen molar-refractivity contribution >= 4 is 0 Å². The van der Waals surface area contributed by atoms with Gasteiger partial charge >= 0.3 is 0 Å². The summed E-state index contributed by atoms with van der Waals surface area (Å²) in [5, 5.41) is 3.68. The first-order chi connectivity index (χ1) is 9.81. The highest BCUT2D eigenvalue weighted by molar-refractivity contribution is 5.06. The molecule has 2 aliphatic rings. The van der Waals surface area contributed by atoms with Gasteiger partial charge in [0.05, 0.1) is 17.8 Å². The smallest absolute Gasteiger partial charge is 0.0790 e. The Kier molecular flexibility index (Phi) is 5.35. The molecular formula is C17H34N2O2. The summed E-state index contributed by atoms with van der Waals surface area (Å²) in [7, 11) is 1.79. The number of hydrogen-bond acceptors (Lipinski definition) is 4. The van der Waals surface area contributed by atoms with E-state index in [4.69, 9.17) is 9.47 Å². The van der Waals surface area contributed by atoms with Gasteiger partial charge in [-0.3, -0.25) is 4.90 Å². The van der Waals surface area contributed by atoms with Gasteiger partial charge in [-0.25, -0.2) is 0 Å². The number of ether oxygens (including phenoxy) is 2. The van der Waals surface area contributed by atoms with E-state index in [0.717, 1.165) is 32.3 Å². The van der Waals surface area contributed by atoms with Crippen molar-refractivity contribution in [2.24, 2.45) is 5.92 Å². The normalized spacial score (nSPS) is 31.0. The van der Waals surface area contributed by atoms with Crippen LogP contribution in [-0.2, 0) is 9.47 Å². The number of methoxy groups -OCH3 is 1.